The molecule has 3 unspecified atom stereocenters. The minimum absolute atomic E-state index is 0.155. The largest absolute Gasteiger partial charge is 0.382 e. The zero-order chi connectivity index (χ0) is 13.6. The molecule has 0 aromatic rings. The van der Waals surface area contributed by atoms with Gasteiger partial charge in [0.25, 0.3) is 0 Å². The molecule has 112 valence electrons. The molecule has 0 aliphatic carbocycles. The van der Waals surface area contributed by atoms with E-state index >= 15 is 0 Å². The van der Waals surface area contributed by atoms with Crippen LogP contribution < -0.4 is 11.3 Å². The lowest BCUT2D eigenvalue weighted by atomic mass is 9.80. The van der Waals surface area contributed by atoms with Crippen LogP contribution in [0.2, 0.25) is 0 Å². The van der Waals surface area contributed by atoms with E-state index < -0.39 is 0 Å². The second-order valence-electron chi connectivity index (χ2n) is 5.70. The van der Waals surface area contributed by atoms with Gasteiger partial charge >= 0.3 is 0 Å². The molecule has 0 saturated carbocycles. The fourth-order valence-electron chi connectivity index (χ4n) is 3.28. The summed E-state index contributed by atoms with van der Waals surface area (Å²) >= 11 is 2.03. The summed E-state index contributed by atoms with van der Waals surface area (Å²) in [6.07, 6.45) is 5.70. The van der Waals surface area contributed by atoms with Crippen molar-refractivity contribution in [2.45, 2.75) is 50.7 Å². The zero-order valence-corrected chi connectivity index (χ0v) is 12.8. The first kappa shape index (κ1) is 15.6. The number of nitrogens with two attached hydrogens (primary N) is 1. The average molecular weight is 288 g/mol. The molecule has 4 nitrogen and oxygen atoms in total. The molecule has 19 heavy (non-hydrogen) atoms. The average Bonchev–Trinajstić information content (AvgIpc) is 2.87. The van der Waals surface area contributed by atoms with Gasteiger partial charge in [0.05, 0.1) is 5.60 Å². The van der Waals surface area contributed by atoms with Crippen molar-refractivity contribution >= 4 is 11.8 Å². The van der Waals surface area contributed by atoms with Gasteiger partial charge in [-0.05, 0) is 50.7 Å². The smallest absolute Gasteiger partial charge is 0.0783 e. The highest BCUT2D eigenvalue weighted by Gasteiger charge is 2.42. The molecule has 0 amide bonds. The third-order valence-electron chi connectivity index (χ3n) is 4.39. The summed E-state index contributed by atoms with van der Waals surface area (Å²) in [4.78, 5) is 0. The van der Waals surface area contributed by atoms with Crippen LogP contribution in [0.15, 0.2) is 0 Å². The Labute approximate surface area is 121 Å². The number of rotatable bonds is 7. The monoisotopic (exact) mass is 288 g/mol. The first-order valence-electron chi connectivity index (χ1n) is 7.55. The van der Waals surface area contributed by atoms with E-state index in [2.05, 4.69) is 5.43 Å². The van der Waals surface area contributed by atoms with Gasteiger partial charge in [-0.25, -0.2) is 0 Å². The highest BCUT2D eigenvalue weighted by Crippen LogP contribution is 2.41. The lowest BCUT2D eigenvalue weighted by molar-refractivity contribution is -0.0858. The van der Waals surface area contributed by atoms with Crippen molar-refractivity contribution in [2.75, 3.05) is 31.3 Å². The molecular weight excluding hydrogens is 260 g/mol. The maximum Gasteiger partial charge on any atom is 0.0783 e. The summed E-state index contributed by atoms with van der Waals surface area (Å²) in [5, 5.41) is 0. The van der Waals surface area contributed by atoms with Gasteiger partial charge in [-0.3, -0.25) is 11.3 Å². The van der Waals surface area contributed by atoms with Gasteiger partial charge in [-0.1, -0.05) is 0 Å². The summed E-state index contributed by atoms with van der Waals surface area (Å²) < 4.78 is 11.5. The molecule has 0 aromatic carbocycles. The Morgan fingerprint density at radius 1 is 1.58 bits per heavy atom. The van der Waals surface area contributed by atoms with Crippen molar-refractivity contribution in [2.24, 2.45) is 11.8 Å². The second-order valence-corrected chi connectivity index (χ2v) is 6.80. The molecule has 0 aromatic heterocycles. The quantitative estimate of drug-likeness (QED) is 0.426. The highest BCUT2D eigenvalue weighted by molar-refractivity contribution is 7.99. The molecule has 0 radical (unpaired) electrons. The highest BCUT2D eigenvalue weighted by atomic mass is 32.2. The lowest BCUT2D eigenvalue weighted by Crippen LogP contribution is -2.49. The van der Waals surface area contributed by atoms with Crippen LogP contribution in [0.4, 0.5) is 0 Å². The van der Waals surface area contributed by atoms with Gasteiger partial charge in [0.2, 0.25) is 0 Å². The second kappa shape index (κ2) is 7.84. The molecule has 0 bridgehead atoms. The molecule has 3 N–H and O–H groups in total. The number of hydrazine groups is 1. The van der Waals surface area contributed by atoms with Crippen molar-refractivity contribution in [3.05, 3.63) is 0 Å². The Balaban J connectivity index is 1.80. The predicted molar refractivity (Wildman–Crippen MR) is 80.2 cm³/mol. The minimum Gasteiger partial charge on any atom is -0.382 e. The first-order valence-corrected chi connectivity index (χ1v) is 8.71. The van der Waals surface area contributed by atoms with Crippen molar-refractivity contribution in [3.63, 3.8) is 0 Å². The zero-order valence-electron chi connectivity index (χ0n) is 12.0. The van der Waals surface area contributed by atoms with E-state index in [1.54, 1.807) is 0 Å². The van der Waals surface area contributed by atoms with Gasteiger partial charge in [-0.2, -0.15) is 11.8 Å². The molecule has 2 aliphatic heterocycles. The van der Waals surface area contributed by atoms with Crippen molar-refractivity contribution < 1.29 is 9.47 Å². The number of hydrogen-bond acceptors (Lipinski definition) is 5. The van der Waals surface area contributed by atoms with Crippen molar-refractivity contribution in [3.8, 4) is 0 Å². The summed E-state index contributed by atoms with van der Waals surface area (Å²) in [5.74, 6) is 8.83. The lowest BCUT2D eigenvalue weighted by Gasteiger charge is -2.40. The number of thioether (sulfide) groups is 1. The molecule has 3 atom stereocenters. The fraction of sp³-hybridized carbons (Fsp3) is 1.00. The number of nitrogens with one attached hydrogen (secondary N) is 1. The van der Waals surface area contributed by atoms with Gasteiger partial charge in [0, 0.05) is 31.6 Å². The van der Waals surface area contributed by atoms with Crippen molar-refractivity contribution in [1.82, 2.24) is 5.43 Å². The van der Waals surface area contributed by atoms with Crippen LogP contribution in [0, 0.1) is 5.92 Å². The van der Waals surface area contributed by atoms with Gasteiger partial charge in [-0.15, -0.1) is 0 Å². The van der Waals surface area contributed by atoms with Crippen LogP contribution in [-0.2, 0) is 9.47 Å². The van der Waals surface area contributed by atoms with Crippen LogP contribution in [0.1, 0.15) is 39.0 Å². The fourth-order valence-corrected chi connectivity index (χ4v) is 4.66. The van der Waals surface area contributed by atoms with Crippen LogP contribution in [0.25, 0.3) is 0 Å². The molecular formula is C14H28N2O2S. The number of hydrogen-bond donors (Lipinski definition) is 2. The summed E-state index contributed by atoms with van der Waals surface area (Å²) in [5.41, 5.74) is 3.19. The predicted octanol–water partition coefficient (Wildman–Crippen LogP) is 1.94. The van der Waals surface area contributed by atoms with Crippen LogP contribution >= 0.6 is 11.8 Å². The third kappa shape index (κ3) is 4.33. The van der Waals surface area contributed by atoms with E-state index in [4.69, 9.17) is 15.3 Å². The summed E-state index contributed by atoms with van der Waals surface area (Å²) in [6, 6.07) is 0.409. The Bertz CT molecular complexity index is 260. The Kier molecular flexibility index (Phi) is 6.42. The Morgan fingerprint density at radius 3 is 3.16 bits per heavy atom. The standard InChI is InChI=1S/C14H28N2O2S/c1-2-17-7-3-4-13(16-15)12-5-8-18-14(10-12)6-9-19-11-14/h12-13,16H,2-11,15H2,1H3. The number of ether oxygens (including phenoxy) is 2. The molecule has 5 heteroatoms. The topological polar surface area (TPSA) is 56.5 Å². The van der Waals surface area contributed by atoms with E-state index in [0.29, 0.717) is 12.0 Å². The van der Waals surface area contributed by atoms with Gasteiger partial charge in [0.15, 0.2) is 0 Å². The van der Waals surface area contributed by atoms with Crippen LogP contribution in [0.5, 0.6) is 0 Å². The molecule has 2 heterocycles. The Hall–Kier alpha value is 0.190. The molecule has 2 saturated heterocycles. The molecule has 2 aliphatic rings. The van der Waals surface area contributed by atoms with E-state index in [-0.39, 0.29) is 5.60 Å². The molecule has 2 rings (SSSR count). The van der Waals surface area contributed by atoms with Gasteiger partial charge < -0.3 is 9.47 Å². The SMILES string of the molecule is CCOCCCC(NN)C1CCOC2(CCSC2)C1. The van der Waals surface area contributed by atoms with E-state index in [9.17, 15) is 0 Å². The maximum absolute atomic E-state index is 6.08. The third-order valence-corrected chi connectivity index (χ3v) is 5.61. The normalized spacial score (nSPS) is 32.8. The van der Waals surface area contributed by atoms with Gasteiger partial charge in [0.1, 0.15) is 0 Å². The summed E-state index contributed by atoms with van der Waals surface area (Å²) in [7, 11) is 0. The van der Waals surface area contributed by atoms with E-state index in [0.717, 1.165) is 39.1 Å². The van der Waals surface area contributed by atoms with Crippen molar-refractivity contribution in [1.29, 1.82) is 0 Å². The summed E-state index contributed by atoms with van der Waals surface area (Å²) in [6.45, 7) is 4.59. The minimum atomic E-state index is 0.155. The van der Waals surface area contributed by atoms with Crippen LogP contribution in [-0.4, -0.2) is 43.0 Å². The first-order chi connectivity index (χ1) is 9.29. The van der Waals surface area contributed by atoms with Crippen LogP contribution in [0.3, 0.4) is 0 Å². The molecule has 1 spiro atoms. The maximum atomic E-state index is 6.08. The Morgan fingerprint density at radius 2 is 2.47 bits per heavy atom. The van der Waals surface area contributed by atoms with E-state index in [1.807, 2.05) is 18.7 Å². The van der Waals surface area contributed by atoms with E-state index in [1.165, 1.54) is 24.3 Å². The molecule has 2 fully saturated rings.